The molecule has 3 aromatic rings. The van der Waals surface area contributed by atoms with Gasteiger partial charge in [-0.1, -0.05) is 6.58 Å². The van der Waals surface area contributed by atoms with Gasteiger partial charge in [0.05, 0.1) is 17.6 Å². The number of anilines is 2. The Balaban J connectivity index is 1.53. The first-order valence-corrected chi connectivity index (χ1v) is 9.43. The molecule has 3 heterocycles. The van der Waals surface area contributed by atoms with E-state index in [1.54, 1.807) is 12.1 Å². The van der Waals surface area contributed by atoms with Gasteiger partial charge in [-0.2, -0.15) is 0 Å². The van der Waals surface area contributed by atoms with E-state index in [1.807, 2.05) is 36.7 Å². The molecule has 7 heteroatoms. The van der Waals surface area contributed by atoms with Crippen molar-refractivity contribution in [1.29, 1.82) is 0 Å². The highest BCUT2D eigenvalue weighted by Crippen LogP contribution is 2.25. The molecular formula is C21H25FN6. The number of imidazole rings is 1. The van der Waals surface area contributed by atoms with E-state index in [4.69, 9.17) is 0 Å². The highest BCUT2D eigenvalue weighted by Gasteiger charge is 2.17. The highest BCUT2D eigenvalue weighted by molar-refractivity contribution is 5.76. The van der Waals surface area contributed by atoms with Gasteiger partial charge in [0.2, 0.25) is 0 Å². The summed E-state index contributed by atoms with van der Waals surface area (Å²) >= 11 is 0. The van der Waals surface area contributed by atoms with Crippen molar-refractivity contribution in [2.75, 3.05) is 43.4 Å². The summed E-state index contributed by atoms with van der Waals surface area (Å²) in [5.41, 5.74) is 4.37. The lowest BCUT2D eigenvalue weighted by Gasteiger charge is -2.34. The van der Waals surface area contributed by atoms with Crippen LogP contribution in [0.1, 0.15) is 17.0 Å². The minimum Gasteiger partial charge on any atom is -0.369 e. The highest BCUT2D eigenvalue weighted by atomic mass is 19.1. The van der Waals surface area contributed by atoms with E-state index >= 15 is 0 Å². The number of aryl methyl sites for hydroxylation is 2. The molecule has 0 aliphatic carbocycles. The number of piperazine rings is 1. The molecule has 0 atom stereocenters. The van der Waals surface area contributed by atoms with Crippen molar-refractivity contribution in [2.45, 2.75) is 13.8 Å². The average molecular weight is 380 g/mol. The van der Waals surface area contributed by atoms with Gasteiger partial charge >= 0.3 is 0 Å². The first-order valence-electron chi connectivity index (χ1n) is 9.43. The molecule has 0 bridgehead atoms. The Kier molecular flexibility index (Phi) is 4.77. The van der Waals surface area contributed by atoms with Gasteiger partial charge in [0, 0.05) is 49.3 Å². The molecule has 1 saturated heterocycles. The third-order valence-electron chi connectivity index (χ3n) is 5.15. The van der Waals surface area contributed by atoms with Gasteiger partial charge in [0.15, 0.2) is 5.65 Å². The van der Waals surface area contributed by atoms with E-state index in [1.165, 1.54) is 0 Å². The number of hydrogen-bond donors (Lipinski definition) is 1. The number of nitrogens with one attached hydrogen (secondary N) is 1. The topological polar surface area (TPSA) is 48.7 Å². The van der Waals surface area contributed by atoms with E-state index in [2.05, 4.69) is 38.7 Å². The van der Waals surface area contributed by atoms with Crippen LogP contribution in [0.15, 0.2) is 37.2 Å². The van der Waals surface area contributed by atoms with Crippen LogP contribution in [-0.2, 0) is 0 Å². The van der Waals surface area contributed by atoms with Crippen LogP contribution in [0.25, 0.3) is 11.3 Å². The molecule has 4 rings (SSSR count). The summed E-state index contributed by atoms with van der Waals surface area (Å²) in [4.78, 5) is 13.5. The fourth-order valence-electron chi connectivity index (χ4n) is 3.60. The number of aromatic nitrogens is 3. The molecule has 0 saturated carbocycles. The van der Waals surface area contributed by atoms with Crippen LogP contribution in [0.4, 0.5) is 15.9 Å². The average Bonchev–Trinajstić information content (AvgIpc) is 3.04. The van der Waals surface area contributed by atoms with Crippen molar-refractivity contribution in [3.05, 3.63) is 59.9 Å². The summed E-state index contributed by atoms with van der Waals surface area (Å²) in [6.45, 7) is 11.6. The third-order valence-corrected chi connectivity index (χ3v) is 5.15. The maximum absolute atomic E-state index is 14.8. The Morgan fingerprint density at radius 3 is 2.57 bits per heavy atom. The summed E-state index contributed by atoms with van der Waals surface area (Å²) in [7, 11) is 2.11. The van der Waals surface area contributed by atoms with Gasteiger partial charge in [-0.05, 0) is 39.1 Å². The fourth-order valence-corrected chi connectivity index (χ4v) is 3.60. The summed E-state index contributed by atoms with van der Waals surface area (Å²) in [5.74, 6) is 0.328. The van der Waals surface area contributed by atoms with E-state index in [9.17, 15) is 4.39 Å². The molecule has 1 fully saturated rings. The van der Waals surface area contributed by atoms with E-state index in [-0.39, 0.29) is 5.82 Å². The summed E-state index contributed by atoms with van der Waals surface area (Å²) in [6.07, 6.45) is 3.77. The molecule has 1 aliphatic heterocycles. The SMILES string of the molecule is C=C(Nc1cn2cc(C)nc(C)c2n1)c1ccc(N2CCN(C)CC2)cc1F. The zero-order chi connectivity index (χ0) is 19.8. The minimum absolute atomic E-state index is 0.286. The Bertz CT molecular complexity index is 1030. The van der Waals surface area contributed by atoms with Gasteiger partial charge in [-0.3, -0.25) is 4.98 Å². The Morgan fingerprint density at radius 1 is 1.11 bits per heavy atom. The van der Waals surface area contributed by atoms with Crippen LogP contribution >= 0.6 is 0 Å². The Morgan fingerprint density at radius 2 is 1.86 bits per heavy atom. The van der Waals surface area contributed by atoms with Crippen molar-refractivity contribution in [3.63, 3.8) is 0 Å². The van der Waals surface area contributed by atoms with Crippen LogP contribution in [0, 0.1) is 19.7 Å². The van der Waals surface area contributed by atoms with Crippen LogP contribution in [0.2, 0.25) is 0 Å². The number of likely N-dealkylation sites (N-methyl/N-ethyl adjacent to an activating group) is 1. The molecular weight excluding hydrogens is 355 g/mol. The smallest absolute Gasteiger partial charge is 0.160 e. The first-order chi connectivity index (χ1) is 13.4. The monoisotopic (exact) mass is 380 g/mol. The first kappa shape index (κ1) is 18.4. The van der Waals surface area contributed by atoms with E-state index in [0.29, 0.717) is 17.1 Å². The third kappa shape index (κ3) is 3.57. The van der Waals surface area contributed by atoms with Gasteiger partial charge in [-0.25, -0.2) is 9.37 Å². The molecule has 0 spiro atoms. The van der Waals surface area contributed by atoms with Gasteiger partial charge in [0.1, 0.15) is 11.6 Å². The van der Waals surface area contributed by atoms with Crippen molar-refractivity contribution >= 4 is 22.8 Å². The Labute approximate surface area is 164 Å². The maximum atomic E-state index is 14.8. The second-order valence-electron chi connectivity index (χ2n) is 7.38. The van der Waals surface area contributed by atoms with Crippen LogP contribution in [0.3, 0.4) is 0 Å². The number of benzene rings is 1. The maximum Gasteiger partial charge on any atom is 0.160 e. The minimum atomic E-state index is -0.286. The lowest BCUT2D eigenvalue weighted by atomic mass is 10.1. The lowest BCUT2D eigenvalue weighted by Crippen LogP contribution is -2.44. The second-order valence-corrected chi connectivity index (χ2v) is 7.38. The standard InChI is InChI=1S/C21H25FN6/c1-14-12-28-13-20(25-21(28)16(3)23-14)24-15(2)18-6-5-17(11-19(18)22)27-9-7-26(4)8-10-27/h5-6,11-13,24H,2,7-10H2,1,3-4H3. The summed E-state index contributed by atoms with van der Waals surface area (Å²) in [6, 6.07) is 5.33. The Hall–Kier alpha value is -2.93. The number of nitrogens with zero attached hydrogens (tertiary/aromatic N) is 5. The van der Waals surface area contributed by atoms with E-state index < -0.39 is 0 Å². The lowest BCUT2D eigenvalue weighted by molar-refractivity contribution is 0.313. The molecule has 146 valence electrons. The zero-order valence-corrected chi connectivity index (χ0v) is 16.5. The van der Waals surface area contributed by atoms with Crippen LogP contribution in [0.5, 0.6) is 0 Å². The predicted molar refractivity (Wildman–Crippen MR) is 111 cm³/mol. The van der Waals surface area contributed by atoms with E-state index in [0.717, 1.165) is 48.9 Å². The molecule has 28 heavy (non-hydrogen) atoms. The molecule has 1 aliphatic rings. The number of hydrogen-bond acceptors (Lipinski definition) is 5. The fraction of sp³-hybridized carbons (Fsp3) is 0.333. The molecule has 0 radical (unpaired) electrons. The molecule has 6 nitrogen and oxygen atoms in total. The number of rotatable bonds is 4. The van der Waals surface area contributed by atoms with Crippen LogP contribution in [-0.4, -0.2) is 52.5 Å². The summed E-state index contributed by atoms with van der Waals surface area (Å²) < 4.78 is 16.7. The molecule has 1 aromatic carbocycles. The van der Waals surface area contributed by atoms with Crippen LogP contribution < -0.4 is 10.2 Å². The second kappa shape index (κ2) is 7.24. The normalized spacial score (nSPS) is 15.2. The van der Waals surface area contributed by atoms with Gasteiger partial charge in [0.25, 0.3) is 0 Å². The summed E-state index contributed by atoms with van der Waals surface area (Å²) in [5, 5.41) is 3.13. The largest absolute Gasteiger partial charge is 0.369 e. The number of halogens is 1. The molecule has 0 amide bonds. The van der Waals surface area contributed by atoms with Crippen molar-refractivity contribution in [1.82, 2.24) is 19.3 Å². The van der Waals surface area contributed by atoms with Gasteiger partial charge < -0.3 is 19.5 Å². The quantitative estimate of drug-likeness (QED) is 0.752. The van der Waals surface area contributed by atoms with Crippen molar-refractivity contribution < 1.29 is 4.39 Å². The zero-order valence-electron chi connectivity index (χ0n) is 16.5. The van der Waals surface area contributed by atoms with Crippen molar-refractivity contribution in [3.8, 4) is 0 Å². The number of fused-ring (bicyclic) bond motifs is 1. The van der Waals surface area contributed by atoms with Gasteiger partial charge in [-0.15, -0.1) is 0 Å². The molecule has 0 unspecified atom stereocenters. The van der Waals surface area contributed by atoms with Crippen molar-refractivity contribution in [2.24, 2.45) is 0 Å². The molecule has 1 N–H and O–H groups in total. The molecule has 2 aromatic heterocycles. The predicted octanol–water partition coefficient (Wildman–Crippen LogP) is 3.32.